The Morgan fingerprint density at radius 1 is 0.818 bits per heavy atom. The number of rotatable bonds is 5. The van der Waals surface area contributed by atoms with Gasteiger partial charge in [-0.1, -0.05) is 78.4 Å². The number of benzene rings is 3. The Labute approximate surface area is 193 Å². The summed E-state index contributed by atoms with van der Waals surface area (Å²) in [4.78, 5) is 33.5. The first-order chi connectivity index (χ1) is 16.0. The van der Waals surface area contributed by atoms with Gasteiger partial charge in [0.15, 0.2) is 5.41 Å². The topological polar surface area (TPSA) is 65.1 Å². The first kappa shape index (κ1) is 22.6. The molecular formula is C27H27NO5. The summed E-state index contributed by atoms with van der Waals surface area (Å²) in [6, 6.07) is 25.9. The van der Waals surface area contributed by atoms with E-state index in [-0.39, 0.29) is 6.42 Å². The summed E-state index contributed by atoms with van der Waals surface area (Å²) in [7, 11) is 2.58. The van der Waals surface area contributed by atoms with Gasteiger partial charge in [0, 0.05) is 6.42 Å². The fourth-order valence-corrected chi connectivity index (χ4v) is 4.48. The van der Waals surface area contributed by atoms with E-state index in [9.17, 15) is 9.59 Å². The third-order valence-electron chi connectivity index (χ3n) is 6.12. The Bertz CT molecular complexity index is 1080. The van der Waals surface area contributed by atoms with Gasteiger partial charge in [0.2, 0.25) is 0 Å². The number of nitrogens with zero attached hydrogens (tertiary/aromatic N) is 1. The van der Waals surface area contributed by atoms with E-state index >= 15 is 0 Å². The van der Waals surface area contributed by atoms with Crippen LogP contribution in [0.15, 0.2) is 84.9 Å². The molecule has 1 aliphatic rings. The zero-order valence-electron chi connectivity index (χ0n) is 18.9. The standard InChI is InChI=1S/C27H27NO5/c1-19-14-16-22(17-15-19)28-24(21-12-8-5-9-13-21)27(25(29)31-2,26(30)32-3)18-23(33-28)20-10-6-4-7-11-20/h4-17,23-24H,18H2,1-3H3/t23-,24-/m1/s1. The predicted molar refractivity (Wildman–Crippen MR) is 124 cm³/mol. The third-order valence-corrected chi connectivity index (χ3v) is 6.12. The van der Waals surface area contributed by atoms with Gasteiger partial charge in [-0.2, -0.15) is 0 Å². The summed E-state index contributed by atoms with van der Waals surface area (Å²) in [5, 5.41) is 1.66. The number of esters is 2. The van der Waals surface area contributed by atoms with Crippen LogP contribution in [0.5, 0.6) is 0 Å². The minimum Gasteiger partial charge on any atom is -0.468 e. The molecule has 6 heteroatoms. The number of hydroxylamine groups is 1. The predicted octanol–water partition coefficient (Wildman–Crippen LogP) is 4.95. The van der Waals surface area contributed by atoms with Gasteiger partial charge in [-0.05, 0) is 30.2 Å². The van der Waals surface area contributed by atoms with Crippen molar-refractivity contribution in [1.82, 2.24) is 0 Å². The summed E-state index contributed by atoms with van der Waals surface area (Å²) in [6.07, 6.45) is -0.510. The molecule has 3 aromatic rings. The van der Waals surface area contributed by atoms with Crippen LogP contribution >= 0.6 is 0 Å². The first-order valence-electron chi connectivity index (χ1n) is 10.8. The van der Waals surface area contributed by atoms with Crippen molar-refractivity contribution in [3.8, 4) is 0 Å². The lowest BCUT2D eigenvalue weighted by Gasteiger charge is -2.49. The number of carbonyl (C=O) groups is 2. The number of methoxy groups -OCH3 is 2. The molecule has 0 bridgehead atoms. The second-order valence-electron chi connectivity index (χ2n) is 8.14. The Balaban J connectivity index is 1.97. The van der Waals surface area contributed by atoms with E-state index in [2.05, 4.69) is 0 Å². The van der Waals surface area contributed by atoms with Crippen molar-refractivity contribution < 1.29 is 23.9 Å². The lowest BCUT2D eigenvalue weighted by molar-refractivity contribution is -0.186. The van der Waals surface area contributed by atoms with Gasteiger partial charge in [-0.15, -0.1) is 0 Å². The van der Waals surface area contributed by atoms with E-state index in [0.29, 0.717) is 5.69 Å². The molecule has 170 valence electrons. The van der Waals surface area contributed by atoms with Crippen molar-refractivity contribution >= 4 is 17.6 Å². The van der Waals surface area contributed by atoms with Crippen molar-refractivity contribution in [2.45, 2.75) is 25.5 Å². The Hall–Kier alpha value is -3.64. The SMILES string of the molecule is COC(=O)C1(C(=O)OC)C[C@H](c2ccccc2)ON(c2ccc(C)cc2)[C@@H]1c1ccccc1. The highest BCUT2D eigenvalue weighted by atomic mass is 16.7. The highest BCUT2D eigenvalue weighted by Gasteiger charge is 2.62. The number of hydrogen-bond acceptors (Lipinski definition) is 6. The smallest absolute Gasteiger partial charge is 0.325 e. The number of anilines is 1. The maximum atomic E-state index is 13.5. The molecule has 0 spiro atoms. The van der Waals surface area contributed by atoms with Crippen molar-refractivity contribution in [3.05, 3.63) is 102 Å². The molecule has 0 aromatic heterocycles. The molecule has 0 N–H and O–H groups in total. The van der Waals surface area contributed by atoms with Gasteiger partial charge >= 0.3 is 11.9 Å². The first-order valence-corrected chi connectivity index (χ1v) is 10.8. The molecule has 0 unspecified atom stereocenters. The summed E-state index contributed by atoms with van der Waals surface area (Å²) in [6.45, 7) is 2.00. The molecule has 1 heterocycles. The molecule has 33 heavy (non-hydrogen) atoms. The van der Waals surface area contributed by atoms with Gasteiger partial charge < -0.3 is 9.47 Å². The van der Waals surface area contributed by atoms with Crippen LogP contribution in [0.4, 0.5) is 5.69 Å². The quantitative estimate of drug-likeness (QED) is 0.409. The summed E-state index contributed by atoms with van der Waals surface area (Å²) < 4.78 is 10.5. The fourth-order valence-electron chi connectivity index (χ4n) is 4.48. The minimum atomic E-state index is -1.66. The average molecular weight is 446 g/mol. The van der Waals surface area contributed by atoms with Crippen LogP contribution in [0.25, 0.3) is 0 Å². The summed E-state index contributed by atoms with van der Waals surface area (Å²) >= 11 is 0. The van der Waals surface area contributed by atoms with Gasteiger partial charge in [0.1, 0.15) is 12.1 Å². The molecule has 4 rings (SSSR count). The molecule has 6 nitrogen and oxygen atoms in total. The van der Waals surface area contributed by atoms with Gasteiger partial charge in [-0.25, -0.2) is 5.06 Å². The van der Waals surface area contributed by atoms with Gasteiger partial charge in [-0.3, -0.25) is 14.4 Å². The lowest BCUT2D eigenvalue weighted by atomic mass is 9.70. The van der Waals surface area contributed by atoms with Crippen LogP contribution < -0.4 is 5.06 Å². The van der Waals surface area contributed by atoms with E-state index in [4.69, 9.17) is 14.3 Å². The van der Waals surface area contributed by atoms with Crippen molar-refractivity contribution in [3.63, 3.8) is 0 Å². The monoisotopic (exact) mass is 445 g/mol. The molecule has 0 aliphatic carbocycles. The number of carbonyl (C=O) groups excluding carboxylic acids is 2. The van der Waals surface area contributed by atoms with Crippen LogP contribution in [0.1, 0.15) is 35.3 Å². The van der Waals surface area contributed by atoms with Crippen LogP contribution in [-0.4, -0.2) is 26.2 Å². The zero-order chi connectivity index (χ0) is 23.4. The summed E-state index contributed by atoms with van der Waals surface area (Å²) in [5.41, 5.74) is 1.72. The van der Waals surface area contributed by atoms with Crippen LogP contribution in [0, 0.1) is 12.3 Å². The third kappa shape index (κ3) is 4.10. The maximum Gasteiger partial charge on any atom is 0.325 e. The molecule has 0 amide bonds. The van der Waals surface area contributed by atoms with Crippen LogP contribution in [-0.2, 0) is 23.9 Å². The fraction of sp³-hybridized carbons (Fsp3) is 0.259. The second kappa shape index (κ2) is 9.46. The zero-order valence-corrected chi connectivity index (χ0v) is 18.9. The molecule has 2 atom stereocenters. The lowest BCUT2D eigenvalue weighted by Crippen LogP contribution is -2.56. The Morgan fingerprint density at radius 3 is 1.85 bits per heavy atom. The van der Waals surface area contributed by atoms with E-state index in [1.54, 1.807) is 5.06 Å². The summed E-state index contributed by atoms with van der Waals surface area (Å²) in [5.74, 6) is -1.32. The van der Waals surface area contributed by atoms with Gasteiger partial charge in [0.05, 0.1) is 19.9 Å². The number of aryl methyl sites for hydroxylation is 1. The van der Waals surface area contributed by atoms with Crippen LogP contribution in [0.3, 0.4) is 0 Å². The van der Waals surface area contributed by atoms with E-state index in [1.807, 2.05) is 91.9 Å². The minimum absolute atomic E-state index is 0.0677. The average Bonchev–Trinajstić information content (AvgIpc) is 2.88. The van der Waals surface area contributed by atoms with E-state index in [1.165, 1.54) is 14.2 Å². The number of hydrogen-bond donors (Lipinski definition) is 0. The largest absolute Gasteiger partial charge is 0.468 e. The molecule has 1 fully saturated rings. The maximum absolute atomic E-state index is 13.5. The molecule has 0 radical (unpaired) electrons. The molecule has 3 aromatic carbocycles. The normalized spacial score (nSPS) is 19.5. The second-order valence-corrected chi connectivity index (χ2v) is 8.14. The van der Waals surface area contributed by atoms with Crippen molar-refractivity contribution in [2.24, 2.45) is 5.41 Å². The van der Waals surface area contributed by atoms with E-state index in [0.717, 1.165) is 16.7 Å². The van der Waals surface area contributed by atoms with Crippen LogP contribution in [0.2, 0.25) is 0 Å². The highest BCUT2D eigenvalue weighted by Crippen LogP contribution is 2.53. The van der Waals surface area contributed by atoms with E-state index < -0.39 is 29.5 Å². The molecule has 0 saturated carbocycles. The van der Waals surface area contributed by atoms with Gasteiger partial charge in [0.25, 0.3) is 0 Å². The molecule has 1 saturated heterocycles. The highest BCUT2D eigenvalue weighted by molar-refractivity contribution is 6.02. The number of ether oxygens (including phenoxy) is 2. The Morgan fingerprint density at radius 2 is 1.33 bits per heavy atom. The van der Waals surface area contributed by atoms with Crippen molar-refractivity contribution in [1.29, 1.82) is 0 Å². The Kier molecular flexibility index (Phi) is 6.47. The molecular weight excluding hydrogens is 418 g/mol. The van der Waals surface area contributed by atoms with Crippen molar-refractivity contribution in [2.75, 3.05) is 19.3 Å². The molecule has 1 aliphatic heterocycles.